The predicted molar refractivity (Wildman–Crippen MR) is 101 cm³/mol. The molecule has 0 atom stereocenters. The van der Waals surface area contributed by atoms with E-state index < -0.39 is 24.2 Å². The molecular formula is C21H13F5N2O2. The van der Waals surface area contributed by atoms with Crippen molar-refractivity contribution in [1.82, 2.24) is 9.97 Å². The highest BCUT2D eigenvalue weighted by Crippen LogP contribution is 2.37. The lowest BCUT2D eigenvalue weighted by Crippen LogP contribution is -2.07. The van der Waals surface area contributed by atoms with Crippen LogP contribution >= 0.6 is 0 Å². The summed E-state index contributed by atoms with van der Waals surface area (Å²) in [5.74, 6) is 0.0885. The average molecular weight is 420 g/mol. The molecule has 0 radical (unpaired) electrons. The Hall–Kier alpha value is -3.49. The fraction of sp³-hybridized carbons (Fsp3) is 0.143. The molecule has 0 aliphatic carbocycles. The van der Waals surface area contributed by atoms with Crippen LogP contribution in [0.25, 0.3) is 32.9 Å². The second-order valence-corrected chi connectivity index (χ2v) is 6.40. The van der Waals surface area contributed by atoms with Crippen molar-refractivity contribution in [1.29, 1.82) is 0 Å². The summed E-state index contributed by atoms with van der Waals surface area (Å²) in [7, 11) is 1.54. The minimum Gasteiger partial charge on any atom is -0.497 e. The summed E-state index contributed by atoms with van der Waals surface area (Å²) >= 11 is 0. The number of halogens is 5. The molecule has 0 saturated carbocycles. The minimum atomic E-state index is -4.66. The zero-order valence-electron chi connectivity index (χ0n) is 15.4. The van der Waals surface area contributed by atoms with E-state index in [0.717, 1.165) is 29.1 Å². The molecule has 0 aliphatic heterocycles. The molecule has 0 amide bonds. The molecule has 9 heteroatoms. The van der Waals surface area contributed by atoms with Gasteiger partial charge in [-0.2, -0.15) is 22.0 Å². The van der Waals surface area contributed by atoms with E-state index in [1.165, 1.54) is 7.11 Å². The maximum absolute atomic E-state index is 13.4. The van der Waals surface area contributed by atoms with Gasteiger partial charge in [0.05, 0.1) is 29.9 Å². The van der Waals surface area contributed by atoms with Crippen LogP contribution in [-0.4, -0.2) is 23.7 Å². The smallest absolute Gasteiger partial charge is 0.416 e. The molecule has 0 N–H and O–H groups in total. The number of hydrogen-bond donors (Lipinski definition) is 0. The van der Waals surface area contributed by atoms with Crippen LogP contribution in [0.2, 0.25) is 0 Å². The summed E-state index contributed by atoms with van der Waals surface area (Å²) in [6, 6.07) is 12.2. The van der Waals surface area contributed by atoms with Gasteiger partial charge in [-0.1, -0.05) is 18.2 Å². The molecule has 0 unspecified atom stereocenters. The predicted octanol–water partition coefficient (Wildman–Crippen LogP) is 6.08. The van der Waals surface area contributed by atoms with Gasteiger partial charge in [0.2, 0.25) is 5.88 Å². The van der Waals surface area contributed by atoms with Crippen LogP contribution in [0.3, 0.4) is 0 Å². The van der Waals surface area contributed by atoms with Crippen molar-refractivity contribution in [2.24, 2.45) is 0 Å². The van der Waals surface area contributed by atoms with Crippen molar-refractivity contribution in [3.8, 4) is 22.8 Å². The number of rotatable bonds is 4. The standard InChI is InChI=1S/C21H13F5N2O2/c1-29-15-5-4-11-6-13(3-2-12(11)7-15)16-8-14(21(24,25)26)9-17-19(16)27-10-18(28-17)30-20(22)23/h2-10,20H,1H3. The summed E-state index contributed by atoms with van der Waals surface area (Å²) in [6.07, 6.45) is -3.70. The summed E-state index contributed by atoms with van der Waals surface area (Å²) < 4.78 is 74.6. The molecule has 154 valence electrons. The van der Waals surface area contributed by atoms with Crippen molar-refractivity contribution in [3.05, 3.63) is 60.3 Å². The van der Waals surface area contributed by atoms with Gasteiger partial charge in [0.25, 0.3) is 0 Å². The molecule has 0 saturated heterocycles. The van der Waals surface area contributed by atoms with E-state index >= 15 is 0 Å². The topological polar surface area (TPSA) is 44.2 Å². The Morgan fingerprint density at radius 1 is 0.933 bits per heavy atom. The van der Waals surface area contributed by atoms with E-state index in [0.29, 0.717) is 11.3 Å². The van der Waals surface area contributed by atoms with Crippen LogP contribution in [-0.2, 0) is 6.18 Å². The summed E-state index contributed by atoms with van der Waals surface area (Å²) in [5, 5.41) is 1.62. The molecule has 30 heavy (non-hydrogen) atoms. The van der Waals surface area contributed by atoms with Crippen molar-refractivity contribution in [3.63, 3.8) is 0 Å². The first-order valence-electron chi connectivity index (χ1n) is 8.65. The fourth-order valence-corrected chi connectivity index (χ4v) is 3.16. The number of nitrogens with zero attached hydrogens (tertiary/aromatic N) is 2. The van der Waals surface area contributed by atoms with E-state index in [4.69, 9.17) is 4.74 Å². The van der Waals surface area contributed by atoms with Crippen LogP contribution in [0.1, 0.15) is 5.56 Å². The maximum atomic E-state index is 13.4. The Labute approximate surface area is 166 Å². The maximum Gasteiger partial charge on any atom is 0.416 e. The molecule has 0 bridgehead atoms. The number of alkyl halides is 5. The van der Waals surface area contributed by atoms with Crippen molar-refractivity contribution in [2.45, 2.75) is 12.8 Å². The van der Waals surface area contributed by atoms with E-state index in [-0.39, 0.29) is 16.6 Å². The highest BCUT2D eigenvalue weighted by atomic mass is 19.4. The van der Waals surface area contributed by atoms with Gasteiger partial charge in [-0.05, 0) is 46.7 Å². The first kappa shape index (κ1) is 19.8. The lowest BCUT2D eigenvalue weighted by Gasteiger charge is -2.13. The SMILES string of the molecule is COc1ccc2cc(-c3cc(C(F)(F)F)cc4nc(OC(F)F)cnc34)ccc2c1. The van der Waals surface area contributed by atoms with Gasteiger partial charge in [-0.15, -0.1) is 0 Å². The zero-order chi connectivity index (χ0) is 21.5. The quantitative estimate of drug-likeness (QED) is 0.376. The van der Waals surface area contributed by atoms with Crippen molar-refractivity contribution < 1.29 is 31.4 Å². The normalized spacial score (nSPS) is 12.0. The number of hydrogen-bond acceptors (Lipinski definition) is 4. The Kier molecular flexibility index (Phi) is 4.89. The number of aromatic nitrogens is 2. The van der Waals surface area contributed by atoms with Gasteiger partial charge in [0.1, 0.15) is 5.75 Å². The summed E-state index contributed by atoms with van der Waals surface area (Å²) in [6.45, 7) is -3.17. The first-order chi connectivity index (χ1) is 14.2. The number of ether oxygens (including phenoxy) is 2. The lowest BCUT2D eigenvalue weighted by molar-refractivity contribution is -0.137. The molecule has 4 rings (SSSR count). The van der Waals surface area contributed by atoms with Gasteiger partial charge >= 0.3 is 12.8 Å². The van der Waals surface area contributed by atoms with Crippen molar-refractivity contribution in [2.75, 3.05) is 7.11 Å². The Morgan fingerprint density at radius 2 is 1.67 bits per heavy atom. The number of fused-ring (bicyclic) bond motifs is 2. The molecule has 4 nitrogen and oxygen atoms in total. The van der Waals surface area contributed by atoms with Crippen LogP contribution in [0.5, 0.6) is 11.6 Å². The Bertz CT molecular complexity index is 1240. The molecule has 3 aromatic carbocycles. The van der Waals surface area contributed by atoms with E-state index in [9.17, 15) is 22.0 Å². The highest BCUT2D eigenvalue weighted by Gasteiger charge is 2.32. The van der Waals surface area contributed by atoms with Crippen LogP contribution < -0.4 is 9.47 Å². The Morgan fingerprint density at radius 3 is 2.37 bits per heavy atom. The third kappa shape index (κ3) is 3.83. The summed E-state index contributed by atoms with van der Waals surface area (Å²) in [5.41, 5.74) is -0.386. The van der Waals surface area contributed by atoms with Gasteiger partial charge in [0.15, 0.2) is 0 Å². The minimum absolute atomic E-state index is 0.137. The number of benzene rings is 3. The lowest BCUT2D eigenvalue weighted by atomic mass is 9.97. The highest BCUT2D eigenvalue weighted by molar-refractivity contribution is 5.96. The van der Waals surface area contributed by atoms with Gasteiger partial charge in [-0.3, -0.25) is 0 Å². The van der Waals surface area contributed by atoms with Crippen LogP contribution in [0, 0.1) is 0 Å². The zero-order valence-corrected chi connectivity index (χ0v) is 15.4. The van der Waals surface area contributed by atoms with E-state index in [1.54, 1.807) is 36.4 Å². The van der Waals surface area contributed by atoms with Crippen molar-refractivity contribution >= 4 is 21.8 Å². The molecule has 0 fully saturated rings. The second-order valence-electron chi connectivity index (χ2n) is 6.40. The average Bonchev–Trinajstić information content (AvgIpc) is 2.70. The largest absolute Gasteiger partial charge is 0.497 e. The Balaban J connectivity index is 1.93. The molecule has 4 aromatic rings. The van der Waals surface area contributed by atoms with Crippen LogP contribution in [0.15, 0.2) is 54.7 Å². The molecule has 0 spiro atoms. The van der Waals surface area contributed by atoms with E-state index in [2.05, 4.69) is 14.7 Å². The second kappa shape index (κ2) is 7.40. The van der Waals surface area contributed by atoms with Gasteiger partial charge < -0.3 is 9.47 Å². The third-order valence-corrected chi connectivity index (χ3v) is 4.52. The molecule has 1 heterocycles. The van der Waals surface area contributed by atoms with E-state index in [1.807, 2.05) is 0 Å². The molecule has 0 aliphatic rings. The number of methoxy groups -OCH3 is 1. The first-order valence-corrected chi connectivity index (χ1v) is 8.65. The monoisotopic (exact) mass is 420 g/mol. The van der Waals surface area contributed by atoms with Gasteiger partial charge in [-0.25, -0.2) is 9.97 Å². The fourth-order valence-electron chi connectivity index (χ4n) is 3.16. The third-order valence-electron chi connectivity index (χ3n) is 4.52. The molecular weight excluding hydrogens is 407 g/mol. The molecule has 1 aromatic heterocycles. The summed E-state index contributed by atoms with van der Waals surface area (Å²) in [4.78, 5) is 7.81. The van der Waals surface area contributed by atoms with Gasteiger partial charge in [0, 0.05) is 5.56 Å². The van der Waals surface area contributed by atoms with Crippen LogP contribution in [0.4, 0.5) is 22.0 Å².